The van der Waals surface area contributed by atoms with Gasteiger partial charge in [-0.15, -0.1) is 0 Å². The van der Waals surface area contributed by atoms with Gasteiger partial charge in [0.05, 0.1) is 5.92 Å². The molecular weight excluding hydrogens is 392 g/mol. The molecule has 6 nitrogen and oxygen atoms in total. The van der Waals surface area contributed by atoms with Crippen LogP contribution in [0.5, 0.6) is 0 Å². The van der Waals surface area contributed by atoms with E-state index in [-0.39, 0.29) is 23.7 Å². The lowest BCUT2D eigenvalue weighted by molar-refractivity contribution is -0.158. The summed E-state index contributed by atoms with van der Waals surface area (Å²) in [5, 5.41) is 2.86. The zero-order chi connectivity index (χ0) is 22.5. The summed E-state index contributed by atoms with van der Waals surface area (Å²) >= 11 is 0. The van der Waals surface area contributed by atoms with E-state index in [2.05, 4.69) is 5.32 Å². The van der Waals surface area contributed by atoms with Gasteiger partial charge in [0.1, 0.15) is 0 Å². The number of hydrogen-bond donors (Lipinski definition) is 1. The summed E-state index contributed by atoms with van der Waals surface area (Å²) in [6.45, 7) is 8.34. The van der Waals surface area contributed by atoms with Crippen molar-refractivity contribution in [3.05, 3.63) is 64.7 Å². The van der Waals surface area contributed by atoms with Crippen LogP contribution in [0.15, 0.2) is 42.5 Å². The van der Waals surface area contributed by atoms with Crippen LogP contribution in [0.2, 0.25) is 0 Å². The molecule has 0 bridgehead atoms. The van der Waals surface area contributed by atoms with E-state index in [1.165, 1.54) is 0 Å². The topological polar surface area (TPSA) is 75.7 Å². The lowest BCUT2D eigenvalue weighted by Crippen LogP contribution is -2.42. The summed E-state index contributed by atoms with van der Waals surface area (Å²) in [5.41, 5.74) is 4.30. The van der Waals surface area contributed by atoms with Gasteiger partial charge in [-0.25, -0.2) is 0 Å². The summed E-state index contributed by atoms with van der Waals surface area (Å²) in [7, 11) is 0. The minimum atomic E-state index is -0.891. The zero-order valence-corrected chi connectivity index (χ0v) is 18.6. The molecule has 1 atom stereocenters. The lowest BCUT2D eigenvalue weighted by Gasteiger charge is -2.31. The molecule has 1 aliphatic rings. The monoisotopic (exact) mass is 422 g/mol. The minimum Gasteiger partial charge on any atom is -0.452 e. The maximum atomic E-state index is 12.7. The Labute approximate surface area is 183 Å². The average Bonchev–Trinajstić information content (AvgIpc) is 2.76. The second-order valence-electron chi connectivity index (χ2n) is 8.22. The highest BCUT2D eigenvalue weighted by Gasteiger charge is 2.31. The number of benzene rings is 2. The van der Waals surface area contributed by atoms with Crippen LogP contribution in [0.25, 0.3) is 0 Å². The van der Waals surface area contributed by atoms with Crippen LogP contribution >= 0.6 is 0 Å². The van der Waals surface area contributed by atoms with E-state index in [1.807, 2.05) is 63.2 Å². The van der Waals surface area contributed by atoms with Gasteiger partial charge in [-0.05, 0) is 63.3 Å². The van der Waals surface area contributed by atoms with Gasteiger partial charge < -0.3 is 15.0 Å². The third kappa shape index (κ3) is 5.32. The van der Waals surface area contributed by atoms with Gasteiger partial charge >= 0.3 is 5.97 Å². The van der Waals surface area contributed by atoms with Crippen LogP contribution in [0.1, 0.15) is 46.8 Å². The van der Waals surface area contributed by atoms with E-state index in [4.69, 9.17) is 4.74 Å². The molecule has 1 fully saturated rings. The van der Waals surface area contributed by atoms with E-state index in [0.29, 0.717) is 31.5 Å². The van der Waals surface area contributed by atoms with Crippen molar-refractivity contribution in [3.8, 4) is 0 Å². The Bertz CT molecular complexity index is 957. The largest absolute Gasteiger partial charge is 0.452 e. The van der Waals surface area contributed by atoms with Gasteiger partial charge in [0.15, 0.2) is 6.10 Å². The summed E-state index contributed by atoms with van der Waals surface area (Å²) in [5.74, 6) is -1.05. The smallest absolute Gasteiger partial charge is 0.309 e. The first-order valence-corrected chi connectivity index (χ1v) is 10.7. The number of para-hydroxylation sites is 1. The standard InChI is InChI=1S/C25H30N2O4/c1-16-8-5-6-11-21(16)24(29)27-14-12-20(13-15-27)25(30)31-19(4)23(28)26-22-17(2)9-7-10-18(22)3/h5-11,19-20H,12-15H2,1-4H3,(H,26,28)/t19-/m1/s1. The minimum absolute atomic E-state index is 0.00809. The number of nitrogens with one attached hydrogen (secondary N) is 1. The van der Waals surface area contributed by atoms with Crippen LogP contribution in [-0.2, 0) is 14.3 Å². The predicted octanol–water partition coefficient (Wildman–Crippen LogP) is 4.03. The number of ether oxygens (including phenoxy) is 1. The SMILES string of the molecule is Cc1ccccc1C(=O)N1CCC(C(=O)O[C@H](C)C(=O)Nc2c(C)cccc2C)CC1. The fourth-order valence-corrected chi connectivity index (χ4v) is 3.86. The Morgan fingerprint density at radius 1 is 0.935 bits per heavy atom. The van der Waals surface area contributed by atoms with Gasteiger partial charge in [0, 0.05) is 24.3 Å². The van der Waals surface area contributed by atoms with Crippen molar-refractivity contribution in [2.75, 3.05) is 18.4 Å². The van der Waals surface area contributed by atoms with E-state index < -0.39 is 6.10 Å². The van der Waals surface area contributed by atoms with E-state index >= 15 is 0 Å². The third-order valence-electron chi connectivity index (χ3n) is 5.88. The molecule has 0 aliphatic carbocycles. The quantitative estimate of drug-likeness (QED) is 0.738. The molecule has 0 spiro atoms. The molecule has 0 saturated carbocycles. The van der Waals surface area contributed by atoms with Gasteiger partial charge in [-0.3, -0.25) is 14.4 Å². The summed E-state index contributed by atoms with van der Waals surface area (Å²) in [6, 6.07) is 13.3. The predicted molar refractivity (Wildman–Crippen MR) is 120 cm³/mol. The number of nitrogens with zero attached hydrogens (tertiary/aromatic N) is 1. The Morgan fingerprint density at radius 3 is 2.13 bits per heavy atom. The zero-order valence-electron chi connectivity index (χ0n) is 18.6. The fraction of sp³-hybridized carbons (Fsp3) is 0.400. The fourth-order valence-electron chi connectivity index (χ4n) is 3.86. The van der Waals surface area contributed by atoms with Crippen molar-refractivity contribution < 1.29 is 19.1 Å². The molecule has 1 N–H and O–H groups in total. The normalized spacial score (nSPS) is 15.3. The molecule has 1 aliphatic heterocycles. The van der Waals surface area contributed by atoms with Crippen LogP contribution in [-0.4, -0.2) is 41.9 Å². The van der Waals surface area contributed by atoms with Crippen LogP contribution in [0.3, 0.4) is 0 Å². The molecule has 0 aromatic heterocycles. The van der Waals surface area contributed by atoms with Crippen molar-refractivity contribution in [2.45, 2.75) is 46.6 Å². The van der Waals surface area contributed by atoms with Crippen molar-refractivity contribution in [2.24, 2.45) is 5.92 Å². The first-order chi connectivity index (χ1) is 14.8. The van der Waals surface area contributed by atoms with Crippen LogP contribution in [0, 0.1) is 26.7 Å². The molecule has 0 radical (unpaired) electrons. The molecule has 164 valence electrons. The van der Waals surface area contributed by atoms with E-state index in [0.717, 1.165) is 22.4 Å². The highest BCUT2D eigenvalue weighted by Crippen LogP contribution is 2.23. The number of anilines is 1. The van der Waals surface area contributed by atoms with Crippen LogP contribution in [0.4, 0.5) is 5.69 Å². The number of carbonyl (C=O) groups excluding carboxylic acids is 3. The van der Waals surface area contributed by atoms with Gasteiger partial charge in [-0.1, -0.05) is 36.4 Å². The number of amides is 2. The van der Waals surface area contributed by atoms with Crippen LogP contribution < -0.4 is 5.32 Å². The Morgan fingerprint density at radius 2 is 1.52 bits per heavy atom. The molecular formula is C25H30N2O4. The second kappa shape index (κ2) is 9.77. The van der Waals surface area contributed by atoms with E-state index in [1.54, 1.807) is 11.8 Å². The molecule has 1 heterocycles. The van der Waals surface area contributed by atoms with Crippen molar-refractivity contribution >= 4 is 23.5 Å². The van der Waals surface area contributed by atoms with Gasteiger partial charge in [0.25, 0.3) is 11.8 Å². The number of likely N-dealkylation sites (tertiary alicyclic amines) is 1. The number of rotatable bonds is 5. The van der Waals surface area contributed by atoms with E-state index in [9.17, 15) is 14.4 Å². The molecule has 1 saturated heterocycles. The third-order valence-corrected chi connectivity index (χ3v) is 5.88. The second-order valence-corrected chi connectivity index (χ2v) is 8.22. The maximum absolute atomic E-state index is 12.7. The number of esters is 1. The highest BCUT2D eigenvalue weighted by molar-refractivity contribution is 5.97. The average molecular weight is 423 g/mol. The number of piperidine rings is 1. The molecule has 3 rings (SSSR count). The van der Waals surface area contributed by atoms with Gasteiger partial charge in [0.2, 0.25) is 0 Å². The first-order valence-electron chi connectivity index (χ1n) is 10.7. The lowest BCUT2D eigenvalue weighted by atomic mass is 9.96. The summed E-state index contributed by atoms with van der Waals surface area (Å²) in [4.78, 5) is 39.6. The molecule has 2 aromatic carbocycles. The Balaban J connectivity index is 1.52. The molecule has 0 unspecified atom stereocenters. The molecule has 6 heteroatoms. The van der Waals surface area contributed by atoms with Crippen molar-refractivity contribution in [3.63, 3.8) is 0 Å². The molecule has 31 heavy (non-hydrogen) atoms. The number of hydrogen-bond acceptors (Lipinski definition) is 4. The van der Waals surface area contributed by atoms with Crippen molar-refractivity contribution in [1.82, 2.24) is 4.90 Å². The molecule has 2 aromatic rings. The first kappa shape index (κ1) is 22.5. The number of carbonyl (C=O) groups is 3. The molecule has 2 amide bonds. The number of aryl methyl sites for hydroxylation is 3. The maximum Gasteiger partial charge on any atom is 0.309 e. The summed E-state index contributed by atoms with van der Waals surface area (Å²) in [6.07, 6.45) is 0.168. The summed E-state index contributed by atoms with van der Waals surface area (Å²) < 4.78 is 5.45. The van der Waals surface area contributed by atoms with Gasteiger partial charge in [-0.2, -0.15) is 0 Å². The van der Waals surface area contributed by atoms with Crippen molar-refractivity contribution in [1.29, 1.82) is 0 Å². The highest BCUT2D eigenvalue weighted by atomic mass is 16.5. The Kier molecular flexibility index (Phi) is 7.10. The Hall–Kier alpha value is -3.15.